The van der Waals surface area contributed by atoms with Crippen LogP contribution in [0.25, 0.3) is 10.6 Å². The second-order valence-electron chi connectivity index (χ2n) is 7.34. The lowest BCUT2D eigenvalue weighted by Gasteiger charge is -2.35. The number of unbranched alkanes of at least 4 members (excludes halogenated alkanes) is 1. The second kappa shape index (κ2) is 10.7. The number of ether oxygens (including phenoxy) is 2. The summed E-state index contributed by atoms with van der Waals surface area (Å²) >= 11 is 1.66. The smallest absolute Gasteiger partial charge is 0.251 e. The fraction of sp³-hybridized carbons (Fsp3) is 0.545. The molecule has 1 aromatic carbocycles. The molecule has 0 radical (unpaired) electrons. The molecule has 0 spiro atoms. The van der Waals surface area contributed by atoms with E-state index in [2.05, 4.69) is 17.2 Å². The molecular weight excluding hydrogens is 386 g/mol. The number of carbonyl (C=O) groups excluding carboxylic acids is 1. The van der Waals surface area contributed by atoms with Crippen molar-refractivity contribution in [1.29, 1.82) is 0 Å². The molecule has 1 fully saturated rings. The fourth-order valence-corrected chi connectivity index (χ4v) is 4.15. The average molecular weight is 418 g/mol. The number of piperazine rings is 1. The summed E-state index contributed by atoms with van der Waals surface area (Å²) in [6.45, 7) is 8.68. The minimum Gasteiger partial charge on any atom is -0.497 e. The monoisotopic (exact) mass is 417 g/mol. The van der Waals surface area contributed by atoms with Gasteiger partial charge in [0.1, 0.15) is 16.9 Å². The van der Waals surface area contributed by atoms with Gasteiger partial charge in [0, 0.05) is 50.3 Å². The fourth-order valence-electron chi connectivity index (χ4n) is 3.33. The van der Waals surface area contributed by atoms with Crippen LogP contribution in [0.4, 0.5) is 0 Å². The number of nitrogens with zero attached hydrogens (tertiary/aromatic N) is 3. The molecule has 1 unspecified atom stereocenters. The molecule has 0 saturated carbocycles. The van der Waals surface area contributed by atoms with Gasteiger partial charge in [-0.3, -0.25) is 9.69 Å². The molecule has 1 aliphatic rings. The Hall–Kier alpha value is -1.96. The number of benzene rings is 1. The summed E-state index contributed by atoms with van der Waals surface area (Å²) in [5, 5.41) is 3.15. The van der Waals surface area contributed by atoms with E-state index in [-0.39, 0.29) is 12.0 Å². The molecule has 1 aliphatic heterocycles. The Balaban J connectivity index is 1.47. The zero-order valence-electron chi connectivity index (χ0n) is 17.6. The van der Waals surface area contributed by atoms with Crippen LogP contribution in [0.1, 0.15) is 32.4 Å². The van der Waals surface area contributed by atoms with E-state index in [9.17, 15) is 4.79 Å². The van der Waals surface area contributed by atoms with Crippen molar-refractivity contribution in [1.82, 2.24) is 14.8 Å². The van der Waals surface area contributed by atoms with E-state index >= 15 is 0 Å². The SMILES string of the molecule is CCCCOC(C)C(=O)N1CCN(Cc2csc(-c3ccc(OC)cc3)n2)CC1. The number of hydrogen-bond acceptors (Lipinski definition) is 6. The summed E-state index contributed by atoms with van der Waals surface area (Å²) < 4.78 is 10.9. The van der Waals surface area contributed by atoms with Crippen LogP contribution in [-0.4, -0.2) is 66.7 Å². The van der Waals surface area contributed by atoms with Crippen molar-refractivity contribution in [2.45, 2.75) is 39.3 Å². The van der Waals surface area contributed by atoms with Crippen LogP contribution in [0.2, 0.25) is 0 Å². The van der Waals surface area contributed by atoms with Gasteiger partial charge >= 0.3 is 0 Å². The molecule has 0 aliphatic carbocycles. The van der Waals surface area contributed by atoms with Crippen LogP contribution in [0.15, 0.2) is 29.6 Å². The van der Waals surface area contributed by atoms with Crippen molar-refractivity contribution in [2.75, 3.05) is 39.9 Å². The minimum atomic E-state index is -0.348. The molecule has 2 heterocycles. The summed E-state index contributed by atoms with van der Waals surface area (Å²) in [5.41, 5.74) is 2.19. The molecule has 29 heavy (non-hydrogen) atoms. The summed E-state index contributed by atoms with van der Waals surface area (Å²) in [4.78, 5) is 21.6. The minimum absolute atomic E-state index is 0.108. The highest BCUT2D eigenvalue weighted by atomic mass is 32.1. The third kappa shape index (κ3) is 6.01. The largest absolute Gasteiger partial charge is 0.497 e. The molecule has 1 aromatic heterocycles. The molecule has 2 aromatic rings. The van der Waals surface area contributed by atoms with Crippen molar-refractivity contribution in [3.05, 3.63) is 35.3 Å². The maximum absolute atomic E-state index is 12.5. The number of aromatic nitrogens is 1. The topological polar surface area (TPSA) is 54.9 Å². The van der Waals surface area contributed by atoms with E-state index < -0.39 is 0 Å². The highest BCUT2D eigenvalue weighted by molar-refractivity contribution is 7.13. The zero-order chi connectivity index (χ0) is 20.6. The first-order chi connectivity index (χ1) is 14.1. The van der Waals surface area contributed by atoms with Crippen molar-refractivity contribution >= 4 is 17.2 Å². The predicted octanol–water partition coefficient (Wildman–Crippen LogP) is 3.67. The molecule has 7 heteroatoms. The van der Waals surface area contributed by atoms with E-state index in [1.54, 1.807) is 18.4 Å². The Labute approximate surface area is 177 Å². The Morgan fingerprint density at radius 1 is 1.21 bits per heavy atom. The van der Waals surface area contributed by atoms with Crippen LogP contribution in [0, 0.1) is 0 Å². The molecule has 0 N–H and O–H groups in total. The quantitative estimate of drug-likeness (QED) is 0.583. The van der Waals surface area contributed by atoms with Crippen molar-refractivity contribution in [2.24, 2.45) is 0 Å². The van der Waals surface area contributed by atoms with Gasteiger partial charge < -0.3 is 14.4 Å². The molecule has 1 atom stereocenters. The predicted molar refractivity (Wildman–Crippen MR) is 116 cm³/mol. The third-order valence-corrected chi connectivity index (χ3v) is 6.11. The van der Waals surface area contributed by atoms with E-state index in [0.717, 1.165) is 67.6 Å². The Bertz CT molecular complexity index is 770. The molecule has 6 nitrogen and oxygen atoms in total. The Kier molecular flexibility index (Phi) is 8.03. The first-order valence-corrected chi connectivity index (χ1v) is 11.2. The van der Waals surface area contributed by atoms with Crippen LogP contribution < -0.4 is 4.74 Å². The summed E-state index contributed by atoms with van der Waals surface area (Å²) in [6.07, 6.45) is 1.73. The molecular formula is C22H31N3O3S. The lowest BCUT2D eigenvalue weighted by molar-refractivity contribution is -0.144. The third-order valence-electron chi connectivity index (χ3n) is 5.17. The highest BCUT2D eigenvalue weighted by Gasteiger charge is 2.25. The van der Waals surface area contributed by atoms with Crippen LogP contribution in [0.5, 0.6) is 5.75 Å². The van der Waals surface area contributed by atoms with E-state index in [1.807, 2.05) is 36.1 Å². The Morgan fingerprint density at radius 3 is 2.59 bits per heavy atom. The van der Waals surface area contributed by atoms with Crippen molar-refractivity contribution < 1.29 is 14.3 Å². The number of carbonyl (C=O) groups is 1. The standard InChI is InChI=1S/C22H31N3O3S/c1-4-5-14-28-17(2)22(26)25-12-10-24(11-13-25)15-19-16-29-21(23-19)18-6-8-20(27-3)9-7-18/h6-9,16-17H,4-5,10-15H2,1-3H3. The molecule has 0 bridgehead atoms. The van der Waals surface area contributed by atoms with Gasteiger partial charge in [-0.05, 0) is 37.6 Å². The van der Waals surface area contributed by atoms with Gasteiger partial charge in [0.2, 0.25) is 0 Å². The summed E-state index contributed by atoms with van der Waals surface area (Å²) in [7, 11) is 1.67. The number of hydrogen-bond donors (Lipinski definition) is 0. The molecule has 158 valence electrons. The lowest BCUT2D eigenvalue weighted by atomic mass is 10.2. The second-order valence-corrected chi connectivity index (χ2v) is 8.20. The number of amides is 1. The number of thiazole rings is 1. The van der Waals surface area contributed by atoms with Gasteiger partial charge in [-0.2, -0.15) is 0 Å². The number of methoxy groups -OCH3 is 1. The van der Waals surface area contributed by atoms with Crippen molar-refractivity contribution in [3.8, 4) is 16.3 Å². The maximum atomic E-state index is 12.5. The first kappa shape index (κ1) is 21.7. The van der Waals surface area contributed by atoms with Gasteiger partial charge in [0.05, 0.1) is 12.8 Å². The van der Waals surface area contributed by atoms with Gasteiger partial charge in [0.15, 0.2) is 0 Å². The molecule has 1 saturated heterocycles. The highest BCUT2D eigenvalue weighted by Crippen LogP contribution is 2.26. The van der Waals surface area contributed by atoms with Crippen molar-refractivity contribution in [3.63, 3.8) is 0 Å². The normalized spacial score (nSPS) is 16.0. The molecule has 3 rings (SSSR count). The molecule has 1 amide bonds. The van der Waals surface area contributed by atoms with E-state index in [4.69, 9.17) is 14.5 Å². The lowest BCUT2D eigenvalue weighted by Crippen LogP contribution is -2.51. The average Bonchev–Trinajstić information content (AvgIpc) is 3.22. The van der Waals surface area contributed by atoms with Crippen LogP contribution in [-0.2, 0) is 16.1 Å². The van der Waals surface area contributed by atoms with Crippen LogP contribution >= 0.6 is 11.3 Å². The van der Waals surface area contributed by atoms with E-state index in [0.29, 0.717) is 6.61 Å². The Morgan fingerprint density at radius 2 is 1.93 bits per heavy atom. The van der Waals surface area contributed by atoms with Gasteiger partial charge in [-0.1, -0.05) is 13.3 Å². The van der Waals surface area contributed by atoms with E-state index in [1.165, 1.54) is 0 Å². The van der Waals surface area contributed by atoms with Crippen LogP contribution in [0.3, 0.4) is 0 Å². The summed E-state index contributed by atoms with van der Waals surface area (Å²) in [5.74, 6) is 0.958. The van der Waals surface area contributed by atoms with Gasteiger partial charge in [-0.15, -0.1) is 11.3 Å². The van der Waals surface area contributed by atoms with Gasteiger partial charge in [-0.25, -0.2) is 4.98 Å². The zero-order valence-corrected chi connectivity index (χ0v) is 18.4. The maximum Gasteiger partial charge on any atom is 0.251 e. The first-order valence-electron chi connectivity index (χ1n) is 10.3. The number of rotatable bonds is 9. The van der Waals surface area contributed by atoms with Gasteiger partial charge in [0.25, 0.3) is 5.91 Å². The summed E-state index contributed by atoms with van der Waals surface area (Å²) in [6, 6.07) is 7.99.